The molecule has 78 heavy (non-hydrogen) atoms. The second-order valence-electron chi connectivity index (χ2n) is 23.4. The van der Waals surface area contributed by atoms with Crippen LogP contribution in [0.15, 0.2) is 85.1 Å². The molecule has 0 aliphatic carbocycles. The molecule has 8 nitrogen and oxygen atoms in total. The average Bonchev–Trinajstić information content (AvgIpc) is 3.41. The average molecular weight is 1110 g/mol. The summed E-state index contributed by atoms with van der Waals surface area (Å²) in [5, 5.41) is 14.1. The van der Waals surface area contributed by atoms with Crippen LogP contribution in [0.5, 0.6) is 0 Å². The van der Waals surface area contributed by atoms with E-state index in [2.05, 4.69) is 104 Å². The molecule has 9 heteroatoms. The summed E-state index contributed by atoms with van der Waals surface area (Å²) in [6.07, 6.45) is 83.5. The molecule has 3 atom stereocenters. The van der Waals surface area contributed by atoms with Gasteiger partial charge >= 0.3 is 0 Å². The number of hydrogen-bond acceptors (Lipinski definition) is 6. The first-order valence-electron chi connectivity index (χ1n) is 32.9. The normalized spacial score (nSPS) is 14.3. The third kappa shape index (κ3) is 61.3. The van der Waals surface area contributed by atoms with Crippen LogP contribution in [0, 0.1) is 0 Å². The highest BCUT2D eigenvalue weighted by Gasteiger charge is 2.24. The van der Waals surface area contributed by atoms with Crippen LogP contribution in [0.1, 0.15) is 296 Å². The van der Waals surface area contributed by atoms with Gasteiger partial charge in [-0.25, -0.2) is 0 Å². The number of aliphatic hydroxyl groups is 1. The summed E-state index contributed by atoms with van der Waals surface area (Å²) in [6, 6.07) is -0.814. The van der Waals surface area contributed by atoms with E-state index in [1.54, 1.807) is 0 Å². The van der Waals surface area contributed by atoms with E-state index in [-0.39, 0.29) is 19.1 Å². The van der Waals surface area contributed by atoms with Crippen LogP contribution in [0.4, 0.5) is 0 Å². The Labute approximate surface area is 484 Å². The lowest BCUT2D eigenvalue weighted by Crippen LogP contribution is -2.46. The molecule has 0 aromatic rings. The summed E-state index contributed by atoms with van der Waals surface area (Å²) in [5.74, 6) is -0.176. The molecule has 0 fully saturated rings. The van der Waals surface area contributed by atoms with Crippen molar-refractivity contribution in [3.63, 3.8) is 0 Å². The molecule has 0 aromatic carbocycles. The maximum Gasteiger partial charge on any atom is 0.268 e. The largest absolute Gasteiger partial charge is 0.756 e. The molecule has 0 saturated carbocycles. The third-order valence-electron chi connectivity index (χ3n) is 14.6. The second-order valence-corrected chi connectivity index (χ2v) is 24.9. The van der Waals surface area contributed by atoms with E-state index in [4.69, 9.17) is 9.05 Å². The highest BCUT2D eigenvalue weighted by Crippen LogP contribution is 2.38. The first kappa shape index (κ1) is 75.7. The van der Waals surface area contributed by atoms with Gasteiger partial charge in [0.05, 0.1) is 39.9 Å². The van der Waals surface area contributed by atoms with Gasteiger partial charge in [0.2, 0.25) is 5.91 Å². The van der Waals surface area contributed by atoms with Crippen molar-refractivity contribution in [2.75, 3.05) is 40.9 Å². The van der Waals surface area contributed by atoms with Gasteiger partial charge in [0.1, 0.15) is 13.2 Å². The predicted octanol–water partition coefficient (Wildman–Crippen LogP) is 20.1. The van der Waals surface area contributed by atoms with Gasteiger partial charge in [0.15, 0.2) is 0 Å². The maximum absolute atomic E-state index is 13.0. The Balaban J connectivity index is 4.14. The molecule has 0 aliphatic rings. The number of hydrogen-bond donors (Lipinski definition) is 2. The monoisotopic (exact) mass is 1110 g/mol. The van der Waals surface area contributed by atoms with Gasteiger partial charge in [0, 0.05) is 6.42 Å². The number of likely N-dealkylation sites (N-methyl/N-ethyl adjacent to an activating group) is 1. The highest BCUT2D eigenvalue weighted by atomic mass is 31.2. The Kier molecular flexibility index (Phi) is 57.5. The smallest absolute Gasteiger partial charge is 0.268 e. The number of carbonyl (C=O) groups is 1. The predicted molar refractivity (Wildman–Crippen MR) is 339 cm³/mol. The lowest BCUT2D eigenvalue weighted by molar-refractivity contribution is -0.870. The topological polar surface area (TPSA) is 108 Å². The first-order valence-corrected chi connectivity index (χ1v) is 34.4. The van der Waals surface area contributed by atoms with Gasteiger partial charge in [-0.15, -0.1) is 0 Å². The number of phosphoric ester groups is 1. The highest BCUT2D eigenvalue weighted by molar-refractivity contribution is 7.45. The Hall–Kier alpha value is -2.32. The van der Waals surface area contributed by atoms with Crippen molar-refractivity contribution in [1.29, 1.82) is 0 Å². The van der Waals surface area contributed by atoms with E-state index in [9.17, 15) is 19.4 Å². The van der Waals surface area contributed by atoms with Crippen LogP contribution >= 0.6 is 7.82 Å². The number of quaternary nitrogens is 1. The van der Waals surface area contributed by atoms with E-state index >= 15 is 0 Å². The molecule has 454 valence electrons. The fraction of sp³-hybridized carbons (Fsp3) is 0.783. The molecule has 3 unspecified atom stereocenters. The Morgan fingerprint density at radius 3 is 1.14 bits per heavy atom. The molecule has 0 aromatic heterocycles. The Morgan fingerprint density at radius 2 is 0.782 bits per heavy atom. The summed E-state index contributed by atoms with van der Waals surface area (Å²) in [7, 11) is 1.29. The number of unbranched alkanes of at least 4 members (excludes halogenated alkanes) is 33. The van der Waals surface area contributed by atoms with Crippen LogP contribution < -0.4 is 10.2 Å². The van der Waals surface area contributed by atoms with Crippen molar-refractivity contribution in [3.05, 3.63) is 85.1 Å². The van der Waals surface area contributed by atoms with Crippen molar-refractivity contribution in [2.24, 2.45) is 0 Å². The van der Waals surface area contributed by atoms with Crippen LogP contribution in [-0.4, -0.2) is 68.5 Å². The minimum atomic E-state index is -4.59. The third-order valence-corrected chi connectivity index (χ3v) is 15.6. The fourth-order valence-electron chi connectivity index (χ4n) is 9.55. The van der Waals surface area contributed by atoms with Gasteiger partial charge in [-0.2, -0.15) is 0 Å². The van der Waals surface area contributed by atoms with E-state index < -0.39 is 20.0 Å². The van der Waals surface area contributed by atoms with E-state index in [1.165, 1.54) is 173 Å². The number of amides is 1. The molecule has 1 amide bonds. The van der Waals surface area contributed by atoms with Crippen LogP contribution in [0.25, 0.3) is 0 Å². The minimum absolute atomic E-state index is 0.00620. The summed E-state index contributed by atoms with van der Waals surface area (Å²) in [5.41, 5.74) is 0. The zero-order valence-electron chi connectivity index (χ0n) is 51.9. The summed E-state index contributed by atoms with van der Waals surface area (Å²) in [4.78, 5) is 25.6. The molecular formula is C69H127N2O6P. The molecule has 0 spiro atoms. The molecule has 0 rings (SSSR count). The Bertz CT molecular complexity index is 1550. The molecule has 0 heterocycles. The summed E-state index contributed by atoms with van der Waals surface area (Å²) in [6.45, 7) is 4.63. The summed E-state index contributed by atoms with van der Waals surface area (Å²) < 4.78 is 23.5. The lowest BCUT2D eigenvalue weighted by atomic mass is 10.0. The van der Waals surface area contributed by atoms with E-state index in [1.807, 2.05) is 21.1 Å². The molecule has 0 saturated heterocycles. The van der Waals surface area contributed by atoms with E-state index in [0.717, 1.165) is 96.3 Å². The summed E-state index contributed by atoms with van der Waals surface area (Å²) >= 11 is 0. The zero-order valence-corrected chi connectivity index (χ0v) is 52.7. The minimum Gasteiger partial charge on any atom is -0.756 e. The van der Waals surface area contributed by atoms with Gasteiger partial charge in [-0.05, 0) is 70.6 Å². The molecule has 2 N–H and O–H groups in total. The quantitative estimate of drug-likeness (QED) is 0.0272. The molecule has 0 aliphatic heterocycles. The SMILES string of the molecule is CC/C=C\C/C=C\C/C=C\C/C=C\C/C=C\C/C=C\C/C=C\CCCCCCCCCC(=O)NC(COP(=O)([O-])OCC[N+](C)(C)C)C(O)CCCCCCCCCCCCCCCCCCCCCCCCCCCCC. The number of nitrogens with zero attached hydrogens (tertiary/aromatic N) is 1. The number of carbonyl (C=O) groups excluding carboxylic acids is 1. The van der Waals surface area contributed by atoms with Crippen LogP contribution in [0.3, 0.4) is 0 Å². The van der Waals surface area contributed by atoms with Crippen LogP contribution in [-0.2, 0) is 18.4 Å². The Morgan fingerprint density at radius 1 is 0.462 bits per heavy atom. The zero-order chi connectivity index (χ0) is 57.0. The van der Waals surface area contributed by atoms with Gasteiger partial charge in [-0.1, -0.05) is 304 Å². The van der Waals surface area contributed by atoms with Gasteiger partial charge < -0.3 is 28.8 Å². The molecular weight excluding hydrogens is 984 g/mol. The number of rotatable bonds is 60. The lowest BCUT2D eigenvalue weighted by Gasteiger charge is -2.30. The van der Waals surface area contributed by atoms with E-state index in [0.29, 0.717) is 23.9 Å². The van der Waals surface area contributed by atoms with Crippen molar-refractivity contribution >= 4 is 13.7 Å². The number of phosphoric acid groups is 1. The van der Waals surface area contributed by atoms with Crippen molar-refractivity contribution < 1.29 is 32.9 Å². The van der Waals surface area contributed by atoms with Gasteiger partial charge in [-0.3, -0.25) is 9.36 Å². The molecule has 0 bridgehead atoms. The standard InChI is InChI=1S/C69H127N2O6P/c1-6-8-10-12-14-16-18-20-22-24-26-28-30-32-34-35-37-39-41-43-45-47-49-51-53-55-57-59-61-63-69(73)70-67(66-77-78(74,75)76-65-64-71(3,4)5)68(72)62-60-58-56-54-52-50-48-46-44-42-40-38-36-33-31-29-27-25-23-21-19-17-15-13-11-9-7-2/h8,10,14,16,20,22,26,28,32,34,37,39,43,45,67-68,72H,6-7,9,11-13,15,17-19,21,23-25,27,29-31,33,35-36,38,40-42,44,46-66H2,1-5H3,(H-,70,73,74,75)/b10-8-,16-14-,22-20-,28-26-,34-32-,39-37-,45-43-. The van der Waals surface area contributed by atoms with Crippen molar-refractivity contribution in [1.82, 2.24) is 5.32 Å². The molecule has 0 radical (unpaired) electrons. The number of aliphatic hydroxyl groups excluding tert-OH is 1. The second kappa shape index (κ2) is 59.3. The van der Waals surface area contributed by atoms with Crippen LogP contribution in [0.2, 0.25) is 0 Å². The fourth-order valence-corrected chi connectivity index (χ4v) is 10.3. The maximum atomic E-state index is 13.0. The van der Waals surface area contributed by atoms with Crippen molar-refractivity contribution in [3.8, 4) is 0 Å². The van der Waals surface area contributed by atoms with Gasteiger partial charge in [0.25, 0.3) is 7.82 Å². The number of allylic oxidation sites excluding steroid dienone is 14. The first-order chi connectivity index (χ1) is 38.0. The number of nitrogens with one attached hydrogen (secondary N) is 1. The van der Waals surface area contributed by atoms with Crippen molar-refractivity contribution in [2.45, 2.75) is 309 Å².